The fourth-order valence-corrected chi connectivity index (χ4v) is 4.36. The Morgan fingerprint density at radius 2 is 2.04 bits per heavy atom. The third-order valence-corrected chi connectivity index (χ3v) is 6.12. The number of sulfonamides is 1. The summed E-state index contributed by atoms with van der Waals surface area (Å²) in [6, 6.07) is 5.58. The third-order valence-electron chi connectivity index (χ3n) is 4.35. The molecular formula is C16H20N6O2S. The summed E-state index contributed by atoms with van der Waals surface area (Å²) in [7, 11) is -1.85. The molecular weight excluding hydrogens is 340 g/mol. The van der Waals surface area contributed by atoms with Crippen molar-refractivity contribution in [2.45, 2.75) is 18.4 Å². The van der Waals surface area contributed by atoms with Gasteiger partial charge in [-0.1, -0.05) is 0 Å². The van der Waals surface area contributed by atoms with Crippen LogP contribution < -0.4 is 4.90 Å². The Labute approximate surface area is 147 Å². The van der Waals surface area contributed by atoms with Gasteiger partial charge in [0.05, 0.1) is 5.56 Å². The molecule has 3 heterocycles. The second kappa shape index (κ2) is 6.82. The Morgan fingerprint density at radius 3 is 2.72 bits per heavy atom. The number of hydrogen-bond acceptors (Lipinski definition) is 6. The van der Waals surface area contributed by atoms with Crippen LogP contribution in [0.2, 0.25) is 0 Å². The number of pyridine rings is 1. The van der Waals surface area contributed by atoms with Gasteiger partial charge in [-0.2, -0.15) is 9.57 Å². The molecule has 1 aliphatic rings. The first-order valence-electron chi connectivity index (χ1n) is 8.03. The monoisotopic (exact) mass is 360 g/mol. The molecule has 9 heteroatoms. The molecule has 0 saturated carbocycles. The van der Waals surface area contributed by atoms with Crippen LogP contribution in [0, 0.1) is 18.3 Å². The Kier molecular flexibility index (Phi) is 4.74. The smallest absolute Gasteiger partial charge is 0.262 e. The number of aryl methyl sites for hydroxylation is 2. The van der Waals surface area contributed by atoms with Crippen molar-refractivity contribution in [1.29, 1.82) is 5.26 Å². The Bertz CT molecular complexity index is 895. The molecule has 2 aromatic heterocycles. The van der Waals surface area contributed by atoms with E-state index in [9.17, 15) is 13.7 Å². The first-order valence-corrected chi connectivity index (χ1v) is 9.47. The van der Waals surface area contributed by atoms with Crippen LogP contribution in [-0.2, 0) is 17.1 Å². The second-order valence-corrected chi connectivity index (χ2v) is 7.85. The minimum Gasteiger partial charge on any atom is -0.354 e. The van der Waals surface area contributed by atoms with Crippen molar-refractivity contribution >= 4 is 15.8 Å². The van der Waals surface area contributed by atoms with E-state index in [2.05, 4.69) is 16.0 Å². The number of nitrogens with zero attached hydrogens (tertiary/aromatic N) is 6. The van der Waals surface area contributed by atoms with Crippen LogP contribution in [0.1, 0.15) is 17.8 Å². The molecule has 132 valence electrons. The first kappa shape index (κ1) is 17.4. The molecule has 1 saturated heterocycles. The lowest BCUT2D eigenvalue weighted by Gasteiger charge is -2.22. The number of nitriles is 1. The summed E-state index contributed by atoms with van der Waals surface area (Å²) < 4.78 is 28.8. The minimum absolute atomic E-state index is 0.0801. The van der Waals surface area contributed by atoms with Crippen LogP contribution in [-0.4, -0.2) is 53.4 Å². The lowest BCUT2D eigenvalue weighted by atomic mass is 10.2. The van der Waals surface area contributed by atoms with Gasteiger partial charge in [0.25, 0.3) is 10.0 Å². The highest BCUT2D eigenvalue weighted by atomic mass is 32.2. The van der Waals surface area contributed by atoms with Gasteiger partial charge in [0.2, 0.25) is 0 Å². The van der Waals surface area contributed by atoms with Crippen molar-refractivity contribution in [2.75, 3.05) is 31.1 Å². The van der Waals surface area contributed by atoms with Crippen LogP contribution in [0.5, 0.6) is 0 Å². The summed E-state index contributed by atoms with van der Waals surface area (Å²) in [4.78, 5) is 10.4. The van der Waals surface area contributed by atoms with E-state index in [1.54, 1.807) is 43.1 Å². The van der Waals surface area contributed by atoms with Crippen LogP contribution in [0.15, 0.2) is 29.6 Å². The molecule has 8 nitrogen and oxygen atoms in total. The largest absolute Gasteiger partial charge is 0.354 e. The lowest BCUT2D eigenvalue weighted by Crippen LogP contribution is -2.35. The van der Waals surface area contributed by atoms with Crippen molar-refractivity contribution in [1.82, 2.24) is 18.8 Å². The highest BCUT2D eigenvalue weighted by Crippen LogP contribution is 2.21. The average Bonchev–Trinajstić information content (AvgIpc) is 2.82. The molecule has 0 spiro atoms. The van der Waals surface area contributed by atoms with Gasteiger partial charge in [-0.3, -0.25) is 0 Å². The van der Waals surface area contributed by atoms with E-state index >= 15 is 0 Å². The molecule has 0 aromatic carbocycles. The highest BCUT2D eigenvalue weighted by Gasteiger charge is 2.29. The fraction of sp³-hybridized carbons (Fsp3) is 0.438. The zero-order valence-electron chi connectivity index (χ0n) is 14.3. The van der Waals surface area contributed by atoms with Gasteiger partial charge >= 0.3 is 0 Å². The van der Waals surface area contributed by atoms with Gasteiger partial charge in [-0.15, -0.1) is 0 Å². The lowest BCUT2D eigenvalue weighted by molar-refractivity contribution is 0.431. The van der Waals surface area contributed by atoms with Crippen LogP contribution in [0.25, 0.3) is 0 Å². The maximum Gasteiger partial charge on any atom is 0.262 e. The minimum atomic E-state index is -3.62. The summed E-state index contributed by atoms with van der Waals surface area (Å²) in [5, 5.41) is 9.32. The topological polar surface area (TPSA) is 95.1 Å². The number of rotatable bonds is 3. The van der Waals surface area contributed by atoms with E-state index in [0.717, 1.165) is 0 Å². The van der Waals surface area contributed by atoms with E-state index in [1.807, 2.05) is 4.90 Å². The summed E-state index contributed by atoms with van der Waals surface area (Å²) in [6.07, 6.45) is 3.85. The maximum absolute atomic E-state index is 12.8. The van der Waals surface area contributed by atoms with Crippen molar-refractivity contribution in [3.05, 3.63) is 35.9 Å². The average molecular weight is 360 g/mol. The van der Waals surface area contributed by atoms with E-state index in [0.29, 0.717) is 49.8 Å². The molecule has 0 N–H and O–H groups in total. The van der Waals surface area contributed by atoms with Crippen LogP contribution in [0.4, 0.5) is 5.82 Å². The molecule has 0 aliphatic carbocycles. The van der Waals surface area contributed by atoms with Crippen molar-refractivity contribution in [3.8, 4) is 6.07 Å². The number of anilines is 1. The first-order chi connectivity index (χ1) is 11.9. The van der Waals surface area contributed by atoms with Gasteiger partial charge in [0.1, 0.15) is 17.7 Å². The molecule has 3 rings (SSSR count). The van der Waals surface area contributed by atoms with Crippen molar-refractivity contribution in [3.63, 3.8) is 0 Å². The zero-order valence-corrected chi connectivity index (χ0v) is 15.1. The molecule has 0 amide bonds. The highest BCUT2D eigenvalue weighted by molar-refractivity contribution is 7.89. The van der Waals surface area contributed by atoms with Gasteiger partial charge in [-0.25, -0.2) is 18.4 Å². The number of aromatic nitrogens is 3. The van der Waals surface area contributed by atoms with Crippen LogP contribution >= 0.6 is 0 Å². The SMILES string of the molecule is Cc1nc(S(=O)(=O)N2CCCN(c3ncccc3C#N)CC2)cn1C. The van der Waals surface area contributed by atoms with Gasteiger partial charge in [-0.05, 0) is 25.5 Å². The van der Waals surface area contributed by atoms with E-state index in [4.69, 9.17) is 0 Å². The van der Waals surface area contributed by atoms with E-state index in [1.165, 1.54) is 4.31 Å². The second-order valence-electron chi connectivity index (χ2n) is 5.97. The predicted molar refractivity (Wildman–Crippen MR) is 92.5 cm³/mol. The fourth-order valence-electron chi connectivity index (χ4n) is 2.87. The molecule has 0 atom stereocenters. The third kappa shape index (κ3) is 3.36. The number of imidazole rings is 1. The van der Waals surface area contributed by atoms with Gasteiger partial charge < -0.3 is 9.47 Å². The van der Waals surface area contributed by atoms with Gasteiger partial charge in [0, 0.05) is 45.6 Å². The Balaban J connectivity index is 1.81. The predicted octanol–water partition coefficient (Wildman–Crippen LogP) is 0.896. The zero-order chi connectivity index (χ0) is 18.0. The summed E-state index contributed by atoms with van der Waals surface area (Å²) in [5.74, 6) is 1.26. The van der Waals surface area contributed by atoms with E-state index < -0.39 is 10.0 Å². The summed E-state index contributed by atoms with van der Waals surface area (Å²) in [6.45, 7) is 3.66. The van der Waals surface area contributed by atoms with Crippen molar-refractivity contribution in [2.24, 2.45) is 7.05 Å². The summed E-state index contributed by atoms with van der Waals surface area (Å²) in [5.41, 5.74) is 0.499. The summed E-state index contributed by atoms with van der Waals surface area (Å²) >= 11 is 0. The molecule has 0 bridgehead atoms. The van der Waals surface area contributed by atoms with Crippen LogP contribution in [0.3, 0.4) is 0 Å². The van der Waals surface area contributed by atoms with E-state index in [-0.39, 0.29) is 5.03 Å². The molecule has 2 aromatic rings. The number of hydrogen-bond donors (Lipinski definition) is 0. The van der Waals surface area contributed by atoms with Crippen molar-refractivity contribution < 1.29 is 8.42 Å². The molecule has 1 fully saturated rings. The maximum atomic E-state index is 12.8. The molecule has 25 heavy (non-hydrogen) atoms. The normalized spacial score (nSPS) is 16.4. The molecule has 1 aliphatic heterocycles. The standard InChI is InChI=1S/C16H20N6O2S/c1-13-19-15(12-20(13)2)25(23,24)22-8-4-7-21(9-10-22)16-14(11-17)5-3-6-18-16/h3,5-6,12H,4,7-10H2,1-2H3. The molecule has 0 unspecified atom stereocenters. The molecule has 0 radical (unpaired) electrons. The van der Waals surface area contributed by atoms with Gasteiger partial charge in [0.15, 0.2) is 5.03 Å². The Morgan fingerprint density at radius 1 is 1.24 bits per heavy atom. The quantitative estimate of drug-likeness (QED) is 0.807. The Hall–Kier alpha value is -2.44.